The van der Waals surface area contributed by atoms with Crippen LogP contribution < -0.4 is 0 Å². The van der Waals surface area contributed by atoms with Crippen LogP contribution in [0.5, 0.6) is 0 Å². The van der Waals surface area contributed by atoms with Crippen molar-refractivity contribution in [1.29, 1.82) is 0 Å². The summed E-state index contributed by atoms with van der Waals surface area (Å²) in [6.07, 6.45) is 4.30. The number of aliphatic hydroxyl groups excluding tert-OH is 1. The van der Waals surface area contributed by atoms with Crippen molar-refractivity contribution in [3.8, 4) is 0 Å². The van der Waals surface area contributed by atoms with E-state index in [1.165, 1.54) is 13.0 Å². The van der Waals surface area contributed by atoms with Gasteiger partial charge in [0.1, 0.15) is 11.4 Å². The third kappa shape index (κ3) is 3.01. The molecule has 5 rings (SSSR count). The molecule has 1 spiro atoms. The minimum Gasteiger partial charge on any atom is -0.481 e. The predicted octanol–water partition coefficient (Wildman–Crippen LogP) is 4.07. The first-order valence-corrected chi connectivity index (χ1v) is 13.6. The van der Waals surface area contributed by atoms with Crippen LogP contribution in [0.1, 0.15) is 80.6 Å². The van der Waals surface area contributed by atoms with Gasteiger partial charge in [-0.25, -0.2) is 0 Å². The number of carbonyl (C=O) groups excluding carboxylic acids is 3. The average Bonchev–Trinajstić information content (AvgIpc) is 3.49. The Balaban J connectivity index is 1.58. The number of carboxylic acid groups (broad SMARTS) is 1. The first-order chi connectivity index (χ1) is 17.0. The summed E-state index contributed by atoms with van der Waals surface area (Å²) in [6.45, 7) is 13.4. The Morgan fingerprint density at radius 2 is 1.81 bits per heavy atom. The van der Waals surface area contributed by atoms with Crippen molar-refractivity contribution in [3.63, 3.8) is 0 Å². The fourth-order valence-electron chi connectivity index (χ4n) is 9.21. The summed E-state index contributed by atoms with van der Waals surface area (Å²) in [5.74, 6) is -2.25. The summed E-state index contributed by atoms with van der Waals surface area (Å²) in [5.41, 5.74) is -1.92. The number of ether oxygens (including phenoxy) is 1. The van der Waals surface area contributed by atoms with Crippen LogP contribution in [-0.4, -0.2) is 51.3 Å². The quantitative estimate of drug-likeness (QED) is 0.421. The van der Waals surface area contributed by atoms with Crippen LogP contribution >= 0.6 is 0 Å². The van der Waals surface area contributed by atoms with Gasteiger partial charge in [-0.2, -0.15) is 0 Å². The Bertz CT molecular complexity index is 1180. The van der Waals surface area contributed by atoms with E-state index in [9.17, 15) is 29.4 Å². The van der Waals surface area contributed by atoms with Crippen molar-refractivity contribution in [3.05, 3.63) is 23.3 Å². The molecule has 5 aliphatic rings. The molecule has 2 N–H and O–H groups in total. The van der Waals surface area contributed by atoms with E-state index in [1.807, 2.05) is 27.7 Å². The molecule has 0 radical (unpaired) electrons. The number of allylic oxidation sites excluding steroid dienone is 3. The van der Waals surface area contributed by atoms with E-state index in [0.717, 1.165) is 5.57 Å². The summed E-state index contributed by atoms with van der Waals surface area (Å²) in [7, 11) is 0. The zero-order valence-electron chi connectivity index (χ0n) is 23.0. The molecule has 4 fully saturated rings. The number of carboxylic acids is 1. The summed E-state index contributed by atoms with van der Waals surface area (Å²) >= 11 is 0. The van der Waals surface area contributed by atoms with E-state index in [4.69, 9.17) is 4.74 Å². The molecule has 1 heterocycles. The number of fused-ring (bicyclic) bond motifs is 3. The Morgan fingerprint density at radius 3 is 2.43 bits per heavy atom. The highest BCUT2D eigenvalue weighted by Crippen LogP contribution is 2.79. The standard InChI is InChI=1S/C30H40O7/c1-15(10-17(31)11-16(2)25(35)36)18-12-23(34)29(7)28(18,6)22(33)13-20-27(5)9-8-21(32)26(3,4)19(27)14-24-30(20,29)37-24/h10,13,16,18-19,23-24,34H,8-9,11-12,14H2,1-7H3,(H,35,36)/b15-10+/t16?,18-,19+,23-,24-,27+,28+,29-,30+/m1/s1. The summed E-state index contributed by atoms with van der Waals surface area (Å²) in [6, 6.07) is 0. The molecular formula is C30H40O7. The second kappa shape index (κ2) is 7.72. The molecule has 0 amide bonds. The topological polar surface area (TPSA) is 121 Å². The van der Waals surface area contributed by atoms with Crippen LogP contribution in [0, 0.1) is 39.4 Å². The van der Waals surface area contributed by atoms with Crippen LogP contribution in [0.15, 0.2) is 23.3 Å². The van der Waals surface area contributed by atoms with Gasteiger partial charge in [0.05, 0.1) is 18.1 Å². The lowest BCUT2D eigenvalue weighted by Crippen LogP contribution is -2.65. The molecule has 1 aliphatic heterocycles. The first-order valence-electron chi connectivity index (χ1n) is 13.6. The average molecular weight is 513 g/mol. The highest BCUT2D eigenvalue weighted by Gasteiger charge is 2.85. The van der Waals surface area contributed by atoms with Gasteiger partial charge in [0, 0.05) is 29.1 Å². The number of hydrogen-bond acceptors (Lipinski definition) is 6. The summed E-state index contributed by atoms with van der Waals surface area (Å²) in [4.78, 5) is 50.9. The number of aliphatic carboxylic acids is 1. The summed E-state index contributed by atoms with van der Waals surface area (Å²) < 4.78 is 6.60. The minimum atomic E-state index is -1.02. The molecule has 7 heteroatoms. The third-order valence-electron chi connectivity index (χ3n) is 11.7. The van der Waals surface area contributed by atoms with Crippen molar-refractivity contribution in [2.45, 2.75) is 98.4 Å². The van der Waals surface area contributed by atoms with Crippen LogP contribution in [-0.2, 0) is 23.9 Å². The second-order valence-electron chi connectivity index (χ2n) is 13.6. The van der Waals surface area contributed by atoms with Gasteiger partial charge in [-0.1, -0.05) is 47.1 Å². The van der Waals surface area contributed by atoms with Gasteiger partial charge in [-0.3, -0.25) is 19.2 Å². The molecule has 1 saturated heterocycles. The van der Waals surface area contributed by atoms with E-state index >= 15 is 0 Å². The van der Waals surface area contributed by atoms with E-state index in [-0.39, 0.29) is 47.1 Å². The monoisotopic (exact) mass is 512 g/mol. The molecule has 202 valence electrons. The van der Waals surface area contributed by atoms with Crippen molar-refractivity contribution in [1.82, 2.24) is 0 Å². The van der Waals surface area contributed by atoms with Gasteiger partial charge < -0.3 is 14.9 Å². The number of ketones is 3. The predicted molar refractivity (Wildman–Crippen MR) is 135 cm³/mol. The molecule has 0 bridgehead atoms. The first kappa shape index (κ1) is 26.5. The van der Waals surface area contributed by atoms with Gasteiger partial charge in [0.2, 0.25) is 0 Å². The van der Waals surface area contributed by atoms with Crippen LogP contribution in [0.4, 0.5) is 0 Å². The number of Topliss-reactive ketones (excluding diaryl/α,β-unsaturated/α-hetero) is 1. The molecule has 3 saturated carbocycles. The molecule has 37 heavy (non-hydrogen) atoms. The molecule has 1 unspecified atom stereocenters. The largest absolute Gasteiger partial charge is 0.481 e. The lowest BCUT2D eigenvalue weighted by atomic mass is 9.40. The van der Waals surface area contributed by atoms with Crippen LogP contribution in [0.25, 0.3) is 0 Å². The van der Waals surface area contributed by atoms with Crippen molar-refractivity contribution < 1.29 is 34.1 Å². The molecule has 9 atom stereocenters. The third-order valence-corrected chi connectivity index (χ3v) is 11.7. The Hall–Kier alpha value is -2.12. The Morgan fingerprint density at radius 1 is 1.16 bits per heavy atom. The van der Waals surface area contributed by atoms with Crippen LogP contribution in [0.2, 0.25) is 0 Å². The van der Waals surface area contributed by atoms with E-state index in [0.29, 0.717) is 31.3 Å². The lowest BCUT2D eigenvalue weighted by Gasteiger charge is -2.60. The maximum atomic E-state index is 14.2. The second-order valence-corrected chi connectivity index (χ2v) is 13.6. The molecule has 0 aromatic carbocycles. The van der Waals surface area contributed by atoms with Crippen molar-refractivity contribution in [2.24, 2.45) is 39.4 Å². The van der Waals surface area contributed by atoms with Gasteiger partial charge in [0.25, 0.3) is 0 Å². The molecule has 0 aromatic rings. The van der Waals surface area contributed by atoms with E-state index < -0.39 is 39.8 Å². The minimum absolute atomic E-state index is 0.0544. The maximum Gasteiger partial charge on any atom is 0.306 e. The Labute approximate surface area is 218 Å². The van der Waals surface area contributed by atoms with Gasteiger partial charge in [-0.15, -0.1) is 0 Å². The number of aliphatic hydroxyl groups is 1. The maximum absolute atomic E-state index is 14.2. The van der Waals surface area contributed by atoms with Gasteiger partial charge in [0.15, 0.2) is 11.6 Å². The van der Waals surface area contributed by atoms with Crippen LogP contribution in [0.3, 0.4) is 0 Å². The highest BCUT2D eigenvalue weighted by molar-refractivity contribution is 6.00. The molecule has 7 nitrogen and oxygen atoms in total. The van der Waals surface area contributed by atoms with E-state index in [2.05, 4.69) is 6.92 Å². The fourth-order valence-corrected chi connectivity index (χ4v) is 9.21. The van der Waals surface area contributed by atoms with Gasteiger partial charge >= 0.3 is 5.97 Å². The van der Waals surface area contributed by atoms with Crippen molar-refractivity contribution in [2.75, 3.05) is 0 Å². The number of rotatable bonds is 5. The molecular weight excluding hydrogens is 472 g/mol. The van der Waals surface area contributed by atoms with E-state index in [1.54, 1.807) is 13.0 Å². The number of carbonyl (C=O) groups is 4. The smallest absolute Gasteiger partial charge is 0.306 e. The molecule has 0 aromatic heterocycles. The lowest BCUT2D eigenvalue weighted by molar-refractivity contribution is -0.148. The number of epoxide rings is 1. The zero-order valence-corrected chi connectivity index (χ0v) is 23.0. The fraction of sp³-hybridized carbons (Fsp3) is 0.733. The summed E-state index contributed by atoms with van der Waals surface area (Å²) in [5, 5.41) is 20.9. The number of hydrogen-bond donors (Lipinski definition) is 2. The van der Waals surface area contributed by atoms with Gasteiger partial charge in [-0.05, 0) is 61.2 Å². The zero-order chi connectivity index (χ0) is 27.5. The van der Waals surface area contributed by atoms with Crippen molar-refractivity contribution >= 4 is 23.3 Å². The SMILES string of the molecule is C/C(=C\C(=O)CC(C)C(=O)O)[C@H]1C[C@@H](O)[C@]2(C)[C@]1(C)C(=O)C=C1[C@@]3(C)CCC(=O)C(C)(C)[C@@H]3C[C@H]3O[C@@]132. The Kier molecular flexibility index (Phi) is 5.53. The highest BCUT2D eigenvalue weighted by atomic mass is 16.6. The molecule has 4 aliphatic carbocycles. The normalized spacial score (nSPS) is 46.7.